The molecule has 0 radical (unpaired) electrons. The number of rotatable bonds is 5. The van der Waals surface area contributed by atoms with Crippen LogP contribution in [0.15, 0.2) is 47.9 Å². The molecule has 9 nitrogen and oxygen atoms in total. The third kappa shape index (κ3) is 3.90. The highest BCUT2D eigenvalue weighted by molar-refractivity contribution is 7.90. The summed E-state index contributed by atoms with van der Waals surface area (Å²) in [5.74, 6) is 0. The molecular weight excluding hydrogens is 404 g/mol. The first-order chi connectivity index (χ1) is 14.3. The number of nitrogens with one attached hydrogen (secondary N) is 2. The molecule has 0 aliphatic heterocycles. The molecule has 2 heterocycles. The lowest BCUT2D eigenvalue weighted by molar-refractivity contribution is 0.256. The number of amides is 2. The lowest BCUT2D eigenvalue weighted by Gasteiger charge is -2.16. The van der Waals surface area contributed by atoms with Crippen LogP contribution in [-0.2, 0) is 22.9 Å². The van der Waals surface area contributed by atoms with E-state index in [1.807, 2.05) is 26.0 Å². The van der Waals surface area contributed by atoms with Crippen molar-refractivity contribution in [1.82, 2.24) is 24.7 Å². The molecule has 3 aromatic rings. The maximum atomic E-state index is 12.7. The van der Waals surface area contributed by atoms with Crippen LogP contribution in [0.2, 0.25) is 0 Å². The Morgan fingerprint density at radius 1 is 1.13 bits per heavy atom. The Labute approximate surface area is 174 Å². The third-order valence-electron chi connectivity index (χ3n) is 5.03. The van der Waals surface area contributed by atoms with Crippen LogP contribution in [0.25, 0.3) is 11.1 Å². The van der Waals surface area contributed by atoms with Crippen LogP contribution < -0.4 is 10.0 Å². The summed E-state index contributed by atoms with van der Waals surface area (Å²) >= 11 is 0. The molecule has 30 heavy (non-hydrogen) atoms. The summed E-state index contributed by atoms with van der Waals surface area (Å²) in [5.41, 5.74) is 4.31. The number of carbonyl (C=O) groups is 1. The molecule has 4 rings (SSSR count). The molecule has 0 unspecified atom stereocenters. The molecule has 0 atom stereocenters. The van der Waals surface area contributed by atoms with Crippen molar-refractivity contribution in [3.8, 4) is 11.1 Å². The smallest absolute Gasteiger partial charge is 0.306 e. The van der Waals surface area contributed by atoms with Crippen LogP contribution in [0.5, 0.6) is 0 Å². The van der Waals surface area contributed by atoms with Gasteiger partial charge in [-0.05, 0) is 56.4 Å². The van der Waals surface area contributed by atoms with E-state index in [1.165, 1.54) is 10.7 Å². The highest BCUT2D eigenvalue weighted by Gasteiger charge is 2.24. The summed E-state index contributed by atoms with van der Waals surface area (Å²) in [7, 11) is -4.10. The van der Waals surface area contributed by atoms with Gasteiger partial charge in [-0.3, -0.25) is 4.68 Å². The Morgan fingerprint density at radius 3 is 2.67 bits per heavy atom. The maximum absolute atomic E-state index is 12.7. The summed E-state index contributed by atoms with van der Waals surface area (Å²) in [4.78, 5) is 12.7. The molecular formula is C20H22N6O3S. The first kappa shape index (κ1) is 20.0. The van der Waals surface area contributed by atoms with Crippen LogP contribution in [0.4, 0.5) is 10.5 Å². The number of fused-ring (bicyclic) bond motifs is 1. The van der Waals surface area contributed by atoms with Gasteiger partial charge >= 0.3 is 6.03 Å². The van der Waals surface area contributed by atoms with Crippen molar-refractivity contribution < 1.29 is 13.2 Å². The molecule has 0 saturated carbocycles. The van der Waals surface area contributed by atoms with Crippen LogP contribution >= 0.6 is 0 Å². The van der Waals surface area contributed by atoms with E-state index in [1.54, 1.807) is 24.7 Å². The van der Waals surface area contributed by atoms with Crippen molar-refractivity contribution in [2.75, 3.05) is 5.32 Å². The number of hydrogen-bond acceptors (Lipinski definition) is 6. The Morgan fingerprint density at radius 2 is 1.97 bits per heavy atom. The van der Waals surface area contributed by atoms with Gasteiger partial charge in [0.05, 0.1) is 18.1 Å². The minimum Gasteiger partial charge on any atom is -0.306 e. The van der Waals surface area contributed by atoms with E-state index in [9.17, 15) is 13.2 Å². The van der Waals surface area contributed by atoms with Gasteiger partial charge in [0.1, 0.15) is 0 Å². The number of aromatic nitrogens is 4. The van der Waals surface area contributed by atoms with Crippen molar-refractivity contribution in [2.24, 2.45) is 0 Å². The molecule has 0 bridgehead atoms. The molecule has 10 heteroatoms. The Balaban J connectivity index is 1.62. The predicted octanol–water partition coefficient (Wildman–Crippen LogP) is 2.92. The molecule has 2 N–H and O–H groups in total. The molecule has 0 fully saturated rings. The molecule has 2 aromatic heterocycles. The number of sulfonamides is 1. The quantitative estimate of drug-likeness (QED) is 0.647. The second kappa shape index (κ2) is 7.86. The first-order valence-corrected chi connectivity index (χ1v) is 11.1. The Kier molecular flexibility index (Phi) is 5.25. The van der Waals surface area contributed by atoms with Gasteiger partial charge in [0.15, 0.2) is 5.03 Å². The number of anilines is 1. The van der Waals surface area contributed by atoms with E-state index in [4.69, 9.17) is 0 Å². The largest absolute Gasteiger partial charge is 0.333 e. The third-order valence-corrected chi connectivity index (χ3v) is 6.25. The second-order valence-electron chi connectivity index (χ2n) is 7.40. The fourth-order valence-corrected chi connectivity index (χ4v) is 4.41. The number of urea groups is 1. The molecule has 0 spiro atoms. The summed E-state index contributed by atoms with van der Waals surface area (Å²) in [6.45, 7) is 3.77. The van der Waals surface area contributed by atoms with Gasteiger partial charge < -0.3 is 5.32 Å². The van der Waals surface area contributed by atoms with Crippen molar-refractivity contribution in [2.45, 2.75) is 44.2 Å². The number of carbonyl (C=O) groups excluding carboxylic acids is 1. The highest BCUT2D eigenvalue weighted by atomic mass is 32.2. The number of aryl methyl sites for hydroxylation is 1. The van der Waals surface area contributed by atoms with Crippen LogP contribution in [-0.4, -0.2) is 34.4 Å². The zero-order chi connectivity index (χ0) is 21.3. The average Bonchev–Trinajstić information content (AvgIpc) is 3.39. The molecule has 156 valence electrons. The van der Waals surface area contributed by atoms with Crippen molar-refractivity contribution >= 4 is 21.7 Å². The van der Waals surface area contributed by atoms with E-state index >= 15 is 0 Å². The molecule has 1 aliphatic rings. The lowest BCUT2D eigenvalue weighted by atomic mass is 9.98. The van der Waals surface area contributed by atoms with Crippen LogP contribution in [0, 0.1) is 0 Å². The highest BCUT2D eigenvalue weighted by Crippen LogP contribution is 2.37. The van der Waals surface area contributed by atoms with E-state index in [2.05, 4.69) is 25.3 Å². The molecule has 1 aromatic carbocycles. The minimum absolute atomic E-state index is 0.00575. The van der Waals surface area contributed by atoms with E-state index in [0.717, 1.165) is 41.5 Å². The van der Waals surface area contributed by atoms with Crippen molar-refractivity contribution in [3.63, 3.8) is 0 Å². The standard InChI is InChI=1S/C20H22N6O3S/c1-13(2)26-11-9-18(24-26)30(28,29)25-20(27)23-19-16-5-3-4-14(16)6-7-17(19)15-8-10-21-22-12-15/h6-13H,3-5H2,1-2H3,(H2,23,25,27). The summed E-state index contributed by atoms with van der Waals surface area (Å²) in [6.07, 6.45) is 7.45. The monoisotopic (exact) mass is 426 g/mol. The maximum Gasteiger partial charge on any atom is 0.333 e. The van der Waals surface area contributed by atoms with Gasteiger partial charge in [0, 0.05) is 23.4 Å². The van der Waals surface area contributed by atoms with Gasteiger partial charge in [0.25, 0.3) is 10.0 Å². The Hall–Kier alpha value is -3.27. The summed E-state index contributed by atoms with van der Waals surface area (Å²) in [5, 5.41) is 14.3. The van der Waals surface area contributed by atoms with Gasteiger partial charge in [-0.25, -0.2) is 9.52 Å². The molecule has 1 aliphatic carbocycles. The van der Waals surface area contributed by atoms with Crippen LogP contribution in [0.3, 0.4) is 0 Å². The van der Waals surface area contributed by atoms with Crippen molar-refractivity contribution in [3.05, 3.63) is 54.0 Å². The zero-order valence-corrected chi connectivity index (χ0v) is 17.5. The fourth-order valence-electron chi connectivity index (χ4n) is 3.56. The second-order valence-corrected chi connectivity index (χ2v) is 9.03. The van der Waals surface area contributed by atoms with Crippen molar-refractivity contribution in [1.29, 1.82) is 0 Å². The molecule has 2 amide bonds. The van der Waals surface area contributed by atoms with E-state index < -0.39 is 16.1 Å². The Bertz CT molecular complexity index is 1190. The van der Waals surface area contributed by atoms with E-state index in [0.29, 0.717) is 5.69 Å². The number of nitrogens with zero attached hydrogens (tertiary/aromatic N) is 4. The topological polar surface area (TPSA) is 119 Å². The van der Waals surface area contributed by atoms with Gasteiger partial charge in [0.2, 0.25) is 0 Å². The summed E-state index contributed by atoms with van der Waals surface area (Å²) < 4.78 is 28.8. The van der Waals surface area contributed by atoms with E-state index in [-0.39, 0.29) is 11.1 Å². The average molecular weight is 427 g/mol. The zero-order valence-electron chi connectivity index (χ0n) is 16.7. The summed E-state index contributed by atoms with van der Waals surface area (Å²) in [6, 6.07) is 6.28. The van der Waals surface area contributed by atoms with Gasteiger partial charge in [-0.1, -0.05) is 12.1 Å². The normalized spacial score (nSPS) is 13.3. The fraction of sp³-hybridized carbons (Fsp3) is 0.300. The van der Waals surface area contributed by atoms with Crippen LogP contribution in [0.1, 0.15) is 37.4 Å². The SMILES string of the molecule is CC(C)n1ccc(S(=O)(=O)NC(=O)Nc2c(-c3ccnnc3)ccc3c2CCC3)n1. The molecule has 0 saturated heterocycles. The number of benzene rings is 1. The van der Waals surface area contributed by atoms with Gasteiger partial charge in [-0.2, -0.15) is 23.7 Å². The minimum atomic E-state index is -4.10. The lowest BCUT2D eigenvalue weighted by Crippen LogP contribution is -2.35. The predicted molar refractivity (Wildman–Crippen MR) is 111 cm³/mol. The van der Waals surface area contributed by atoms with Gasteiger partial charge in [-0.15, -0.1) is 0 Å². The number of hydrogen-bond donors (Lipinski definition) is 2. The first-order valence-electron chi connectivity index (χ1n) is 9.66.